The predicted molar refractivity (Wildman–Crippen MR) is 171 cm³/mol. The van der Waals surface area contributed by atoms with Crippen LogP contribution in [0, 0.1) is 20.8 Å². The Morgan fingerprint density at radius 3 is 2.26 bits per heavy atom. The lowest BCUT2D eigenvalue weighted by Gasteiger charge is -2.33. The molecule has 1 aliphatic rings. The third kappa shape index (κ3) is 8.18. The summed E-state index contributed by atoms with van der Waals surface area (Å²) in [4.78, 5) is 41.8. The molecular formula is C34H42N4O4S. The summed E-state index contributed by atoms with van der Waals surface area (Å²) in [6.45, 7) is 10.5. The smallest absolute Gasteiger partial charge is 0.315 e. The van der Waals surface area contributed by atoms with Crippen molar-refractivity contribution in [3.05, 3.63) is 106 Å². The molecule has 0 spiro atoms. The van der Waals surface area contributed by atoms with Crippen molar-refractivity contribution in [2.45, 2.75) is 77.1 Å². The minimum absolute atomic E-state index is 0.235. The van der Waals surface area contributed by atoms with Gasteiger partial charge in [-0.1, -0.05) is 78.4 Å². The minimum Gasteiger partial charge on any atom is -0.381 e. The lowest BCUT2D eigenvalue weighted by molar-refractivity contribution is -0.147. The van der Waals surface area contributed by atoms with Crippen LogP contribution in [0.3, 0.4) is 0 Å². The first kappa shape index (κ1) is 32.1. The molecule has 3 atom stereocenters. The molecule has 0 aromatic heterocycles. The average molecular weight is 603 g/mol. The van der Waals surface area contributed by atoms with Gasteiger partial charge >= 0.3 is 6.03 Å². The van der Waals surface area contributed by atoms with Crippen LogP contribution in [-0.4, -0.2) is 56.7 Å². The molecule has 1 fully saturated rings. The van der Waals surface area contributed by atoms with Crippen LogP contribution < -0.4 is 16.0 Å². The number of benzene rings is 3. The highest BCUT2D eigenvalue weighted by Gasteiger charge is 2.49. The van der Waals surface area contributed by atoms with Crippen LogP contribution >= 0.6 is 11.8 Å². The van der Waals surface area contributed by atoms with E-state index in [1.54, 1.807) is 0 Å². The van der Waals surface area contributed by atoms with Gasteiger partial charge in [0.2, 0.25) is 5.91 Å². The number of carbonyl (C=O) groups is 3. The molecule has 0 aliphatic carbocycles. The van der Waals surface area contributed by atoms with Crippen molar-refractivity contribution >= 4 is 29.6 Å². The van der Waals surface area contributed by atoms with Gasteiger partial charge in [0.25, 0.3) is 5.91 Å². The van der Waals surface area contributed by atoms with Crippen LogP contribution in [0.15, 0.2) is 72.8 Å². The molecule has 228 valence electrons. The third-order valence-corrected chi connectivity index (χ3v) is 9.35. The Bertz CT molecular complexity index is 1450. The van der Waals surface area contributed by atoms with E-state index in [1.807, 2.05) is 101 Å². The first-order chi connectivity index (χ1) is 20.5. The summed E-state index contributed by atoms with van der Waals surface area (Å²) in [6, 6.07) is 21.0. The van der Waals surface area contributed by atoms with E-state index in [0.29, 0.717) is 13.1 Å². The van der Waals surface area contributed by atoms with Gasteiger partial charge in [-0.3, -0.25) is 9.59 Å². The lowest BCUT2D eigenvalue weighted by Crippen LogP contribution is -2.59. The number of carbonyl (C=O) groups excluding carboxylic acids is 3. The Morgan fingerprint density at radius 1 is 0.907 bits per heavy atom. The number of nitrogens with one attached hydrogen (secondary N) is 3. The first-order valence-electron chi connectivity index (χ1n) is 14.6. The Hall–Kier alpha value is -3.82. The number of aliphatic hydroxyl groups is 1. The molecule has 4 N–H and O–H groups in total. The second-order valence-electron chi connectivity index (χ2n) is 11.7. The van der Waals surface area contributed by atoms with Crippen LogP contribution in [0.25, 0.3) is 0 Å². The maximum absolute atomic E-state index is 13.9. The van der Waals surface area contributed by atoms with Crippen LogP contribution in [0.2, 0.25) is 0 Å². The molecule has 0 saturated carbocycles. The molecule has 4 amide bonds. The Morgan fingerprint density at radius 2 is 1.56 bits per heavy atom. The van der Waals surface area contributed by atoms with Gasteiger partial charge in [0.15, 0.2) is 6.10 Å². The molecule has 43 heavy (non-hydrogen) atoms. The van der Waals surface area contributed by atoms with Gasteiger partial charge in [0.05, 0.1) is 11.9 Å². The summed E-state index contributed by atoms with van der Waals surface area (Å²) in [7, 11) is 0. The normalized spacial score (nSPS) is 17.2. The second-order valence-corrected chi connectivity index (χ2v) is 13.3. The van der Waals surface area contributed by atoms with Crippen molar-refractivity contribution in [1.82, 2.24) is 20.9 Å². The highest BCUT2D eigenvalue weighted by atomic mass is 32.2. The molecule has 3 aromatic rings. The number of aliphatic hydroxyl groups excluding tert-OH is 1. The fourth-order valence-corrected chi connectivity index (χ4v) is 6.53. The van der Waals surface area contributed by atoms with Crippen molar-refractivity contribution < 1.29 is 19.5 Å². The monoisotopic (exact) mass is 602 g/mol. The van der Waals surface area contributed by atoms with Crippen molar-refractivity contribution in [2.75, 3.05) is 5.88 Å². The maximum atomic E-state index is 13.9. The number of hydrogen-bond acceptors (Lipinski definition) is 5. The molecule has 2 unspecified atom stereocenters. The molecule has 4 rings (SSSR count). The van der Waals surface area contributed by atoms with Crippen molar-refractivity contribution in [3.8, 4) is 0 Å². The highest BCUT2D eigenvalue weighted by molar-refractivity contribution is 8.00. The summed E-state index contributed by atoms with van der Waals surface area (Å²) >= 11 is 1.49. The third-order valence-electron chi connectivity index (χ3n) is 7.98. The molecule has 9 heteroatoms. The number of nitrogens with zero attached hydrogens (tertiary/aromatic N) is 1. The number of aryl methyl sites for hydroxylation is 3. The molecule has 8 nitrogen and oxygen atoms in total. The molecule has 1 heterocycles. The van der Waals surface area contributed by atoms with Crippen molar-refractivity contribution in [2.24, 2.45) is 0 Å². The summed E-state index contributed by atoms with van der Waals surface area (Å²) in [5.41, 5.74) is 6.11. The maximum Gasteiger partial charge on any atom is 0.315 e. The number of amides is 4. The fraction of sp³-hybridized carbons (Fsp3) is 0.382. The quantitative estimate of drug-likeness (QED) is 0.275. The van der Waals surface area contributed by atoms with E-state index in [2.05, 4.69) is 22.0 Å². The van der Waals surface area contributed by atoms with E-state index in [-0.39, 0.29) is 18.2 Å². The molecular weight excluding hydrogens is 560 g/mol. The SMILES string of the molecule is Cc1ccc(CNC(=O)NC(Cc2ccccc2)C(O)C(=O)N2CSC(C)(C)[C@H]2C(=O)NCc2ccccc2C)c(C)c1. The van der Waals surface area contributed by atoms with Crippen molar-refractivity contribution in [3.63, 3.8) is 0 Å². The topological polar surface area (TPSA) is 111 Å². The number of urea groups is 1. The van der Waals surface area contributed by atoms with Crippen LogP contribution in [0.5, 0.6) is 0 Å². The summed E-state index contributed by atoms with van der Waals surface area (Å²) in [5.74, 6) is -0.621. The van der Waals surface area contributed by atoms with Crippen LogP contribution in [0.4, 0.5) is 4.79 Å². The van der Waals surface area contributed by atoms with Gasteiger partial charge in [-0.05, 0) is 68.9 Å². The van der Waals surface area contributed by atoms with Crippen LogP contribution in [-0.2, 0) is 29.1 Å². The van der Waals surface area contributed by atoms with E-state index < -0.39 is 34.9 Å². The second kappa shape index (κ2) is 14.1. The summed E-state index contributed by atoms with van der Waals surface area (Å²) in [6.07, 6.45) is -1.33. The van der Waals surface area contributed by atoms with E-state index in [4.69, 9.17) is 0 Å². The number of rotatable bonds is 10. The molecule has 0 radical (unpaired) electrons. The van der Waals surface area contributed by atoms with Gasteiger partial charge in [-0.25, -0.2) is 4.79 Å². The Labute approximate surface area is 258 Å². The van der Waals surface area contributed by atoms with Gasteiger partial charge in [0, 0.05) is 17.8 Å². The zero-order chi connectivity index (χ0) is 31.1. The number of thioether (sulfide) groups is 1. The molecule has 3 aromatic carbocycles. The fourth-order valence-electron chi connectivity index (χ4n) is 5.39. The number of hydrogen-bond donors (Lipinski definition) is 4. The highest BCUT2D eigenvalue weighted by Crippen LogP contribution is 2.40. The predicted octanol–water partition coefficient (Wildman–Crippen LogP) is 4.38. The van der Waals surface area contributed by atoms with Gasteiger partial charge in [0.1, 0.15) is 6.04 Å². The standard InChI is InChI=1S/C34H42N4O4S/c1-22-15-16-27(24(3)17-22)20-36-33(42)37-28(18-25-12-7-6-8-13-25)29(39)32(41)38-21-43-34(4,5)30(38)31(40)35-19-26-14-10-9-11-23(26)2/h6-17,28-30,39H,18-21H2,1-5H3,(H,35,40)(H2,36,37,42)/t28?,29?,30-/m1/s1. The summed E-state index contributed by atoms with van der Waals surface area (Å²) in [5, 5.41) is 20.1. The largest absolute Gasteiger partial charge is 0.381 e. The average Bonchev–Trinajstić information content (AvgIpc) is 3.30. The molecule has 0 bridgehead atoms. The van der Waals surface area contributed by atoms with E-state index in [1.165, 1.54) is 16.7 Å². The van der Waals surface area contributed by atoms with E-state index in [9.17, 15) is 19.5 Å². The van der Waals surface area contributed by atoms with Crippen LogP contribution in [0.1, 0.15) is 47.2 Å². The van der Waals surface area contributed by atoms with Gasteiger partial charge < -0.3 is 26.0 Å². The zero-order valence-electron chi connectivity index (χ0n) is 25.5. The zero-order valence-corrected chi connectivity index (χ0v) is 26.3. The minimum atomic E-state index is -1.56. The Kier molecular flexibility index (Phi) is 10.5. The van der Waals surface area contributed by atoms with Gasteiger partial charge in [-0.2, -0.15) is 0 Å². The van der Waals surface area contributed by atoms with E-state index in [0.717, 1.165) is 33.4 Å². The van der Waals surface area contributed by atoms with Gasteiger partial charge in [-0.15, -0.1) is 11.8 Å². The molecule has 1 aliphatic heterocycles. The van der Waals surface area contributed by atoms with E-state index >= 15 is 0 Å². The summed E-state index contributed by atoms with van der Waals surface area (Å²) < 4.78 is -0.573. The lowest BCUT2D eigenvalue weighted by atomic mass is 9.97. The Balaban J connectivity index is 1.48. The van der Waals surface area contributed by atoms with Crippen molar-refractivity contribution in [1.29, 1.82) is 0 Å². The molecule has 1 saturated heterocycles. The first-order valence-corrected chi connectivity index (χ1v) is 15.5.